The Kier molecular flexibility index (Phi) is 13.1. The summed E-state index contributed by atoms with van der Waals surface area (Å²) in [4.78, 5) is 81.3. The molecular formula is C42H42N6O7S. The van der Waals surface area contributed by atoms with Gasteiger partial charge in [0.25, 0.3) is 0 Å². The summed E-state index contributed by atoms with van der Waals surface area (Å²) in [6.07, 6.45) is 6.69. The molecule has 0 spiro atoms. The minimum atomic E-state index is -1.35. The number of fused-ring (bicyclic) bond motifs is 18. The molecule has 7 N–H and O–H groups in total. The van der Waals surface area contributed by atoms with Crippen molar-refractivity contribution in [2.45, 2.75) is 62.3 Å². The molecule has 0 saturated carbocycles. The van der Waals surface area contributed by atoms with E-state index < -0.39 is 59.7 Å². The summed E-state index contributed by atoms with van der Waals surface area (Å²) in [5.41, 5.74) is 3.66. The lowest BCUT2D eigenvalue weighted by atomic mass is 9.99. The number of allylic oxidation sites excluding steroid dienone is 2. The maximum absolute atomic E-state index is 14.3. The number of anilines is 1. The Labute approximate surface area is 327 Å². The molecule has 3 aliphatic heterocycles. The fourth-order valence-corrected chi connectivity index (χ4v) is 7.17. The van der Waals surface area contributed by atoms with Gasteiger partial charge in [-0.05, 0) is 58.1 Å². The van der Waals surface area contributed by atoms with Gasteiger partial charge >= 0.3 is 5.97 Å². The molecule has 3 aliphatic rings. The quantitative estimate of drug-likeness (QED) is 0.138. The summed E-state index contributed by atoms with van der Waals surface area (Å²) >= 11 is 1.24. The molecule has 4 aromatic rings. The summed E-state index contributed by atoms with van der Waals surface area (Å²) in [5, 5.41) is 28.7. The number of hydrogen-bond donors (Lipinski definition) is 7. The number of carbonyl (C=O) groups is 6. The second-order valence-corrected chi connectivity index (χ2v) is 14.5. The molecule has 3 aromatic carbocycles. The number of carboxylic acid groups (broad SMARTS) is 1. The topological polar surface area (TPSA) is 195 Å². The zero-order valence-corrected chi connectivity index (χ0v) is 31.1. The van der Waals surface area contributed by atoms with Crippen LogP contribution in [0.25, 0.3) is 11.1 Å². The van der Waals surface area contributed by atoms with Gasteiger partial charge in [0.1, 0.15) is 24.2 Å². The van der Waals surface area contributed by atoms with E-state index >= 15 is 0 Å². The van der Waals surface area contributed by atoms with Crippen molar-refractivity contribution in [2.75, 3.05) is 5.32 Å². The first-order chi connectivity index (χ1) is 27.1. The lowest BCUT2D eigenvalue weighted by Gasteiger charge is -2.28. The highest BCUT2D eigenvalue weighted by atomic mass is 32.1. The van der Waals surface area contributed by atoms with Gasteiger partial charge in [0.05, 0.1) is 0 Å². The van der Waals surface area contributed by atoms with E-state index in [2.05, 4.69) is 31.9 Å². The van der Waals surface area contributed by atoms with Crippen LogP contribution in [0.5, 0.6) is 0 Å². The third kappa shape index (κ3) is 10.8. The van der Waals surface area contributed by atoms with Gasteiger partial charge < -0.3 is 37.0 Å². The van der Waals surface area contributed by atoms with Crippen LogP contribution >= 0.6 is 11.3 Å². The van der Waals surface area contributed by atoms with Crippen molar-refractivity contribution in [1.82, 2.24) is 26.6 Å². The van der Waals surface area contributed by atoms with Gasteiger partial charge in [-0.1, -0.05) is 84.9 Å². The molecule has 13 nitrogen and oxygen atoms in total. The zero-order chi connectivity index (χ0) is 39.4. The predicted octanol–water partition coefficient (Wildman–Crippen LogP) is 3.76. The Morgan fingerprint density at radius 1 is 0.696 bits per heavy atom. The SMILES string of the molecule is O=C1CCC(=O)NC(c2cccs2)C(=O)N[C@@H](Cc2ccc(-c3ccccc3)cc2)C(=O)N[C@@H](CC2C=CC=CN2)C(=O)N[C@H](C(=O)O)Cc2ccc(cc2)N1. The maximum atomic E-state index is 14.3. The lowest BCUT2D eigenvalue weighted by molar-refractivity contribution is -0.142. The molecule has 0 radical (unpaired) electrons. The molecule has 56 heavy (non-hydrogen) atoms. The minimum Gasteiger partial charge on any atom is -0.480 e. The fraction of sp³-hybridized carbons (Fsp3) is 0.238. The number of thiophene rings is 1. The van der Waals surface area contributed by atoms with E-state index in [0.717, 1.165) is 11.1 Å². The van der Waals surface area contributed by atoms with Crippen LogP contribution in [0.1, 0.15) is 41.3 Å². The largest absolute Gasteiger partial charge is 0.480 e. The summed E-state index contributed by atoms with van der Waals surface area (Å²) < 4.78 is 0. The normalized spacial score (nSPS) is 22.4. The van der Waals surface area contributed by atoms with Gasteiger partial charge in [-0.15, -0.1) is 11.3 Å². The molecule has 4 heterocycles. The molecule has 2 bridgehead atoms. The van der Waals surface area contributed by atoms with Gasteiger partial charge in [0.15, 0.2) is 0 Å². The van der Waals surface area contributed by atoms with Crippen LogP contribution in [-0.4, -0.2) is 64.8 Å². The predicted molar refractivity (Wildman–Crippen MR) is 212 cm³/mol. The zero-order valence-electron chi connectivity index (χ0n) is 30.3. The molecule has 1 aromatic heterocycles. The molecule has 5 atom stereocenters. The number of dihydropyridines is 1. The van der Waals surface area contributed by atoms with Crippen molar-refractivity contribution in [3.05, 3.63) is 137 Å². The Morgan fingerprint density at radius 3 is 2.07 bits per heavy atom. The third-order valence-electron chi connectivity index (χ3n) is 9.38. The number of amides is 5. The van der Waals surface area contributed by atoms with E-state index in [0.29, 0.717) is 21.7 Å². The number of carbonyl (C=O) groups excluding carboxylic acids is 5. The van der Waals surface area contributed by atoms with E-state index in [1.165, 1.54) is 11.3 Å². The van der Waals surface area contributed by atoms with Gasteiger partial charge in [0.2, 0.25) is 29.5 Å². The Bertz CT molecular complexity index is 2090. The number of aliphatic carboxylic acids is 1. The molecular weight excluding hydrogens is 733 g/mol. The number of rotatable bonds is 7. The van der Waals surface area contributed by atoms with Crippen molar-refractivity contribution in [1.29, 1.82) is 0 Å². The number of carboxylic acids is 1. The number of nitrogens with one attached hydrogen (secondary N) is 6. The fourth-order valence-electron chi connectivity index (χ4n) is 6.39. The number of benzene rings is 3. The van der Waals surface area contributed by atoms with Crippen LogP contribution in [0.15, 0.2) is 121 Å². The van der Waals surface area contributed by atoms with Crippen LogP contribution in [0.4, 0.5) is 5.69 Å². The smallest absolute Gasteiger partial charge is 0.326 e. The molecule has 7 rings (SSSR count). The van der Waals surface area contributed by atoms with Crippen molar-refractivity contribution in [2.24, 2.45) is 0 Å². The van der Waals surface area contributed by atoms with E-state index in [4.69, 9.17) is 0 Å². The molecule has 288 valence electrons. The third-order valence-corrected chi connectivity index (χ3v) is 10.3. The first-order valence-electron chi connectivity index (χ1n) is 18.2. The van der Waals surface area contributed by atoms with Gasteiger partial charge in [0, 0.05) is 48.7 Å². The van der Waals surface area contributed by atoms with E-state index in [1.54, 1.807) is 60.1 Å². The van der Waals surface area contributed by atoms with Crippen molar-refractivity contribution < 1.29 is 33.9 Å². The van der Waals surface area contributed by atoms with Gasteiger partial charge in [-0.3, -0.25) is 24.0 Å². The Balaban J connectivity index is 1.33. The highest BCUT2D eigenvalue weighted by Gasteiger charge is 2.33. The van der Waals surface area contributed by atoms with E-state index in [-0.39, 0.29) is 38.1 Å². The Hall–Kier alpha value is -6.54. The van der Waals surface area contributed by atoms with Crippen molar-refractivity contribution in [3.8, 4) is 11.1 Å². The minimum absolute atomic E-state index is 0.0180. The highest BCUT2D eigenvalue weighted by Crippen LogP contribution is 2.22. The van der Waals surface area contributed by atoms with Gasteiger partial charge in [-0.2, -0.15) is 0 Å². The summed E-state index contributed by atoms with van der Waals surface area (Å²) in [6, 6.07) is 21.8. The van der Waals surface area contributed by atoms with Crippen LogP contribution in [0, 0.1) is 0 Å². The van der Waals surface area contributed by atoms with Gasteiger partial charge in [-0.25, -0.2) is 4.79 Å². The molecule has 2 unspecified atom stereocenters. The van der Waals surface area contributed by atoms with E-state index in [9.17, 15) is 33.9 Å². The summed E-state index contributed by atoms with van der Waals surface area (Å²) in [6.45, 7) is 0. The lowest BCUT2D eigenvalue weighted by Crippen LogP contribution is -2.58. The Morgan fingerprint density at radius 2 is 1.39 bits per heavy atom. The first kappa shape index (κ1) is 39.2. The van der Waals surface area contributed by atoms with Crippen molar-refractivity contribution in [3.63, 3.8) is 0 Å². The van der Waals surface area contributed by atoms with Crippen LogP contribution in [0.3, 0.4) is 0 Å². The summed E-state index contributed by atoms with van der Waals surface area (Å²) in [7, 11) is 0. The molecule has 0 aliphatic carbocycles. The monoisotopic (exact) mass is 774 g/mol. The van der Waals surface area contributed by atoms with Crippen LogP contribution in [-0.2, 0) is 41.6 Å². The van der Waals surface area contributed by atoms with E-state index in [1.807, 2.05) is 60.7 Å². The number of hydrogen-bond acceptors (Lipinski definition) is 8. The second-order valence-electron chi connectivity index (χ2n) is 13.5. The standard InChI is InChI=1S/C42H42N6O7S/c49-36-19-20-37(50)48-38(35-10-6-22-56-35)41(53)46-32(23-26-11-15-29(16-12-26)28-7-2-1-3-8-28)39(51)45-33(25-31-9-4-5-21-43-31)40(52)47-34(42(54)55)24-27-13-17-30(44-36)18-14-27/h1-18,21-22,31-34,38,43H,19-20,23-25H2,(H,44,49)(H,45,51)(H,46,53)(H,47,52)(H,48,50)(H,54,55)/t31?,32-,33-,34-,38?/m0/s1. The van der Waals surface area contributed by atoms with Crippen molar-refractivity contribution >= 4 is 52.5 Å². The highest BCUT2D eigenvalue weighted by molar-refractivity contribution is 7.10. The average molecular weight is 775 g/mol. The maximum Gasteiger partial charge on any atom is 0.326 e. The summed E-state index contributed by atoms with van der Waals surface area (Å²) in [5.74, 6) is -4.37. The van der Waals surface area contributed by atoms with Crippen LogP contribution < -0.4 is 31.9 Å². The first-order valence-corrected chi connectivity index (χ1v) is 19.1. The molecule has 5 amide bonds. The molecule has 0 saturated heterocycles. The van der Waals surface area contributed by atoms with Crippen LogP contribution in [0.2, 0.25) is 0 Å². The molecule has 0 fully saturated rings. The average Bonchev–Trinajstić information content (AvgIpc) is 3.74. The molecule has 14 heteroatoms. The second kappa shape index (κ2) is 18.7.